The number of pyridine rings is 2. The van der Waals surface area contributed by atoms with E-state index >= 15 is 0 Å². The van der Waals surface area contributed by atoms with Crippen LogP contribution in [0.15, 0.2) is 171 Å². The second kappa shape index (κ2) is 32.2. The zero-order valence-corrected chi connectivity index (χ0v) is 63.0. The Balaban J connectivity index is 0.000000106. The number of nitrogens with one attached hydrogen (secondary N) is 10. The summed E-state index contributed by atoms with van der Waals surface area (Å²) in [6, 6.07) is 46.2. The van der Waals surface area contributed by atoms with E-state index in [9.17, 15) is 8.78 Å². The lowest BCUT2D eigenvalue weighted by Crippen LogP contribution is -2.26. The Morgan fingerprint density at radius 2 is 0.889 bits per heavy atom. The van der Waals surface area contributed by atoms with Crippen LogP contribution >= 0.6 is 0 Å². The van der Waals surface area contributed by atoms with E-state index in [0.29, 0.717) is 30.1 Å². The Bertz CT molecular complexity index is 5440. The largest absolute Gasteiger partial charge is 0.361 e. The van der Waals surface area contributed by atoms with Crippen molar-refractivity contribution in [3.05, 3.63) is 249 Å². The summed E-state index contributed by atoms with van der Waals surface area (Å²) in [7, 11) is 4.32. The fraction of sp³-hybridized carbons (Fsp3) is 0.370. The molecule has 2 aliphatic carbocycles. The van der Waals surface area contributed by atoms with E-state index in [-0.39, 0.29) is 0 Å². The molecule has 0 bridgehead atoms. The highest BCUT2D eigenvalue weighted by Gasteiger charge is 2.26. The van der Waals surface area contributed by atoms with E-state index < -0.39 is 11.6 Å². The number of rotatable bonds is 13. The lowest BCUT2D eigenvalue weighted by Gasteiger charge is -2.22. The van der Waals surface area contributed by atoms with Gasteiger partial charge in [-0.3, -0.25) is 4.98 Å². The second-order valence-electron chi connectivity index (χ2n) is 31.7. The standard InChI is InChI=1S/C28H34N4.C24H27N5.C20H20F2N2.C20H23N3/c1-32-18-26(20-11-13-29-14-12-20)24-15-21(8-10-28(24)32)31-22-7-9-23-25(17-30-27(23)16-22)19-5-3-2-4-6-19;1-29-14-20(15-9-11-25-12-10-15)19-13-16(5-7-22(19)29)26-23-8-6-18-17-3-2-4-21(17)27-24(18)28-23;21-18-3-1-14(11-19(18)22)9-13-2-4-20-16(10-13)17(12-24-20)15-5-7-23-8-6-15;1-14-2-3-16(12-22-14)10-15-4-5-20-18(11-15)19(13-23-20)17-6-8-21-9-7-17/h7-10,15-20,29-31H,2-6,11-14H2,1H3;5-8,13-15,25H,2-4,9-12H2,1H3,(H2,26,27,28);1-4,10-12,15,23-24H,5-9H2;2-5,11-13,17,21,23H,6-10H2,1H3. The summed E-state index contributed by atoms with van der Waals surface area (Å²) in [4.78, 5) is 23.1. The number of hydrogen-bond acceptors (Lipinski definition) is 8. The van der Waals surface area contributed by atoms with Crippen LogP contribution < -0.4 is 31.9 Å². The molecule has 5 fully saturated rings. The van der Waals surface area contributed by atoms with Crippen molar-refractivity contribution in [3.63, 3.8) is 0 Å². The summed E-state index contributed by atoms with van der Waals surface area (Å²) in [5, 5.41) is 29.1. The predicted octanol–water partition coefficient (Wildman–Crippen LogP) is 20.1. The summed E-state index contributed by atoms with van der Waals surface area (Å²) >= 11 is 0. The molecule has 20 rings (SSSR count). The molecular weight excluding hydrogens is 1340 g/mol. The fourth-order valence-electron chi connectivity index (χ4n) is 18.7. The van der Waals surface area contributed by atoms with Crippen molar-refractivity contribution in [3.8, 4) is 0 Å². The molecule has 556 valence electrons. The molecular formula is C92H104F2N14. The number of aromatic amines is 4. The zero-order chi connectivity index (χ0) is 73.0. The summed E-state index contributed by atoms with van der Waals surface area (Å²) < 4.78 is 31.0. The number of halogens is 2. The molecule has 0 atom stereocenters. The lowest BCUT2D eigenvalue weighted by molar-refractivity contribution is 0.445. The number of benzene rings is 6. The third kappa shape index (κ3) is 15.6. The maximum Gasteiger partial charge on any atom is 0.159 e. The number of aryl methyl sites for hydroxylation is 5. The molecule has 8 aromatic heterocycles. The van der Waals surface area contributed by atoms with Crippen molar-refractivity contribution in [2.45, 2.75) is 152 Å². The number of fused-ring (bicyclic) bond motifs is 8. The first-order valence-electron chi connectivity index (χ1n) is 40.2. The van der Waals surface area contributed by atoms with Crippen molar-refractivity contribution >= 4 is 88.4 Å². The van der Waals surface area contributed by atoms with Gasteiger partial charge in [-0.25, -0.2) is 13.8 Å². The van der Waals surface area contributed by atoms with Crippen LogP contribution in [0.2, 0.25) is 0 Å². The molecule has 4 aliphatic heterocycles. The molecule has 0 spiro atoms. The Kier molecular flexibility index (Phi) is 21.2. The summed E-state index contributed by atoms with van der Waals surface area (Å²) in [5.74, 6) is 2.61. The highest BCUT2D eigenvalue weighted by Crippen LogP contribution is 2.41. The number of H-pyrrole nitrogens is 4. The van der Waals surface area contributed by atoms with Crippen LogP contribution in [0.25, 0.3) is 65.5 Å². The maximum absolute atomic E-state index is 13.4. The number of aromatic nitrogens is 8. The molecule has 14 nitrogen and oxygen atoms in total. The SMILES string of the molecule is Cc1ccc(Cc2ccc3[nH]cc(C4CCNCC4)c3c2)cn1.Cn1cc(C2CCNCC2)c2cc(Nc3ccc4c(C5CCCCC5)c[nH]c4c3)ccc21.Cn1cc(C2CCNCC2)c2cc(Nc3ccc4c5c([nH]c4n3)CCC5)ccc21.Fc1ccc(Cc2ccc3[nH]cc(C4CCNCC4)c3c2)cc1F. The number of hydrogen-bond donors (Lipinski definition) is 10. The van der Waals surface area contributed by atoms with Crippen molar-refractivity contribution in [2.24, 2.45) is 14.1 Å². The van der Waals surface area contributed by atoms with Gasteiger partial charge in [0.05, 0.1) is 0 Å². The minimum atomic E-state index is -0.798. The van der Waals surface area contributed by atoms with Crippen LogP contribution in [0.3, 0.4) is 0 Å². The molecule has 0 unspecified atom stereocenters. The van der Waals surface area contributed by atoms with Gasteiger partial charge in [-0.05, 0) is 344 Å². The quantitative estimate of drug-likeness (QED) is 0.0544. The minimum Gasteiger partial charge on any atom is -0.361 e. The molecule has 12 heterocycles. The Labute approximate surface area is 632 Å². The van der Waals surface area contributed by atoms with Gasteiger partial charge in [0.15, 0.2) is 11.6 Å². The van der Waals surface area contributed by atoms with Gasteiger partial charge in [0, 0.05) is 140 Å². The highest BCUT2D eigenvalue weighted by molar-refractivity contribution is 5.92. The van der Waals surface area contributed by atoms with Gasteiger partial charge in [-0.15, -0.1) is 0 Å². The molecule has 1 saturated carbocycles. The first-order chi connectivity index (χ1) is 53.0. The number of nitrogens with zero attached hydrogens (tertiary/aromatic N) is 4. The zero-order valence-electron chi connectivity index (χ0n) is 63.0. The highest BCUT2D eigenvalue weighted by atomic mass is 19.2. The van der Waals surface area contributed by atoms with E-state index in [4.69, 9.17) is 4.98 Å². The molecule has 108 heavy (non-hydrogen) atoms. The van der Waals surface area contributed by atoms with Gasteiger partial charge in [0.25, 0.3) is 0 Å². The molecule has 4 saturated heterocycles. The predicted molar refractivity (Wildman–Crippen MR) is 442 cm³/mol. The molecule has 6 aromatic carbocycles. The number of anilines is 4. The average molecular weight is 1440 g/mol. The monoisotopic (exact) mass is 1440 g/mol. The van der Waals surface area contributed by atoms with E-state index in [0.717, 1.165) is 135 Å². The van der Waals surface area contributed by atoms with Crippen LogP contribution in [0, 0.1) is 18.6 Å². The summed E-state index contributed by atoms with van der Waals surface area (Å²) in [5.41, 5.74) is 26.5. The van der Waals surface area contributed by atoms with Crippen LogP contribution in [0.1, 0.15) is 187 Å². The van der Waals surface area contributed by atoms with Gasteiger partial charge < -0.3 is 61.0 Å². The Morgan fingerprint density at radius 1 is 0.407 bits per heavy atom. The molecule has 0 radical (unpaired) electrons. The minimum absolute atomic E-state index is 0.582. The molecule has 10 N–H and O–H groups in total. The normalized spacial score (nSPS) is 17.1. The van der Waals surface area contributed by atoms with Gasteiger partial charge >= 0.3 is 0 Å². The topological polar surface area (TPSA) is 171 Å². The smallest absolute Gasteiger partial charge is 0.159 e. The Hall–Kier alpha value is -9.84. The van der Waals surface area contributed by atoms with E-state index in [2.05, 4.69) is 220 Å². The number of piperidine rings is 4. The summed E-state index contributed by atoms with van der Waals surface area (Å²) in [6.45, 7) is 10.9. The van der Waals surface area contributed by atoms with E-state index in [1.807, 2.05) is 19.2 Å². The molecule has 6 aliphatic rings. The van der Waals surface area contributed by atoms with Gasteiger partial charge in [0.1, 0.15) is 11.5 Å². The average Bonchev–Trinajstić information content (AvgIpc) is 1.64. The van der Waals surface area contributed by atoms with Crippen molar-refractivity contribution in [1.82, 2.24) is 60.3 Å². The van der Waals surface area contributed by atoms with Crippen LogP contribution in [-0.2, 0) is 39.8 Å². The van der Waals surface area contributed by atoms with Crippen molar-refractivity contribution in [2.75, 3.05) is 63.0 Å². The Morgan fingerprint density at radius 3 is 1.45 bits per heavy atom. The first-order valence-corrected chi connectivity index (χ1v) is 40.2. The van der Waals surface area contributed by atoms with Crippen LogP contribution in [0.4, 0.5) is 31.7 Å². The van der Waals surface area contributed by atoms with E-state index in [1.165, 1.54) is 200 Å². The van der Waals surface area contributed by atoms with Crippen LogP contribution in [0.5, 0.6) is 0 Å². The van der Waals surface area contributed by atoms with Gasteiger partial charge in [0.2, 0.25) is 0 Å². The van der Waals surface area contributed by atoms with Crippen molar-refractivity contribution < 1.29 is 8.78 Å². The second-order valence-corrected chi connectivity index (χ2v) is 31.7. The molecule has 14 aromatic rings. The fourth-order valence-corrected chi connectivity index (χ4v) is 18.7. The molecule has 0 amide bonds. The third-order valence-corrected chi connectivity index (χ3v) is 24.5. The van der Waals surface area contributed by atoms with Crippen molar-refractivity contribution in [1.29, 1.82) is 0 Å². The van der Waals surface area contributed by atoms with Gasteiger partial charge in [-0.1, -0.05) is 49.6 Å². The third-order valence-electron chi connectivity index (χ3n) is 24.5. The molecule has 16 heteroatoms. The van der Waals surface area contributed by atoms with Gasteiger partial charge in [-0.2, -0.15) is 0 Å². The lowest BCUT2D eigenvalue weighted by atomic mass is 9.84. The van der Waals surface area contributed by atoms with E-state index in [1.54, 1.807) is 6.07 Å². The maximum atomic E-state index is 13.4. The summed E-state index contributed by atoms with van der Waals surface area (Å²) in [6.07, 6.45) is 34.9. The first kappa shape index (κ1) is 71.1. The van der Waals surface area contributed by atoms with Crippen LogP contribution in [-0.4, -0.2) is 91.4 Å².